The summed E-state index contributed by atoms with van der Waals surface area (Å²) in [5, 5.41) is 9.08. The molecule has 0 unspecified atom stereocenters. The van der Waals surface area contributed by atoms with Gasteiger partial charge in [-0.2, -0.15) is 0 Å². The van der Waals surface area contributed by atoms with E-state index in [0.29, 0.717) is 0 Å². The summed E-state index contributed by atoms with van der Waals surface area (Å²) in [7, 11) is 0. The molecular weight excluding hydrogens is 232 g/mol. The summed E-state index contributed by atoms with van der Waals surface area (Å²) in [6.07, 6.45) is 11.0. The van der Waals surface area contributed by atoms with E-state index in [9.17, 15) is 0 Å². The molecule has 1 heteroatoms. The van der Waals surface area contributed by atoms with Crippen molar-refractivity contribution in [1.82, 2.24) is 0 Å². The van der Waals surface area contributed by atoms with E-state index in [-0.39, 0.29) is 12.0 Å². The second-order valence-electron chi connectivity index (χ2n) is 6.57. The largest absolute Gasteiger partial charge is 0.392 e. The van der Waals surface area contributed by atoms with Crippen molar-refractivity contribution in [2.45, 2.75) is 67.2 Å². The molecule has 1 N–H and O–H groups in total. The highest BCUT2D eigenvalue weighted by molar-refractivity contribution is 5.13. The standard InChI is InChI=1S/C18H32O/c1-15(2)9-7-10-16(3)11-8-12-17(13-14-19)18(4,5)6/h9,11,13,19H,7-8,10,12,14H2,1-6H3/b16-11+,17-13-. The zero-order valence-corrected chi connectivity index (χ0v) is 13.7. The first-order valence-corrected chi connectivity index (χ1v) is 7.36. The third kappa shape index (κ3) is 9.72. The van der Waals surface area contributed by atoms with Crippen molar-refractivity contribution >= 4 is 0 Å². The molecule has 0 atom stereocenters. The van der Waals surface area contributed by atoms with Crippen molar-refractivity contribution in [3.05, 3.63) is 34.9 Å². The number of aliphatic hydroxyl groups excluding tert-OH is 1. The van der Waals surface area contributed by atoms with Gasteiger partial charge in [0.15, 0.2) is 0 Å². The number of rotatable bonds is 7. The summed E-state index contributed by atoms with van der Waals surface area (Å²) in [5.41, 5.74) is 4.37. The van der Waals surface area contributed by atoms with Crippen molar-refractivity contribution in [3.8, 4) is 0 Å². The molecule has 0 heterocycles. The van der Waals surface area contributed by atoms with Crippen LogP contribution in [0.5, 0.6) is 0 Å². The maximum absolute atomic E-state index is 9.08. The fourth-order valence-corrected chi connectivity index (χ4v) is 2.06. The smallest absolute Gasteiger partial charge is 0.0615 e. The molecule has 0 aliphatic carbocycles. The lowest BCUT2D eigenvalue weighted by Crippen LogP contribution is -2.10. The Bertz CT molecular complexity index is 333. The van der Waals surface area contributed by atoms with Crippen LogP contribution in [0.25, 0.3) is 0 Å². The van der Waals surface area contributed by atoms with Gasteiger partial charge in [0.05, 0.1) is 6.61 Å². The molecule has 0 aromatic heterocycles. The summed E-state index contributed by atoms with van der Waals surface area (Å²) in [6.45, 7) is 13.3. The van der Waals surface area contributed by atoms with Gasteiger partial charge >= 0.3 is 0 Å². The van der Waals surface area contributed by atoms with Crippen LogP contribution in [0.1, 0.15) is 67.2 Å². The van der Waals surface area contributed by atoms with Gasteiger partial charge in [-0.05, 0) is 51.9 Å². The van der Waals surface area contributed by atoms with E-state index in [4.69, 9.17) is 5.11 Å². The summed E-state index contributed by atoms with van der Waals surface area (Å²) in [6, 6.07) is 0. The van der Waals surface area contributed by atoms with Gasteiger partial charge in [-0.1, -0.05) is 55.7 Å². The maximum Gasteiger partial charge on any atom is 0.0615 e. The molecule has 0 saturated heterocycles. The second kappa shape index (κ2) is 9.14. The SMILES string of the molecule is CC(C)=CCC/C(C)=C/CC/C(=C/CO)C(C)(C)C. The monoisotopic (exact) mass is 264 g/mol. The van der Waals surface area contributed by atoms with Gasteiger partial charge in [-0.15, -0.1) is 0 Å². The van der Waals surface area contributed by atoms with Gasteiger partial charge in [0, 0.05) is 0 Å². The normalized spacial score (nSPS) is 13.6. The van der Waals surface area contributed by atoms with Crippen LogP contribution in [0.15, 0.2) is 34.9 Å². The highest BCUT2D eigenvalue weighted by atomic mass is 16.2. The van der Waals surface area contributed by atoms with Crippen LogP contribution in [-0.4, -0.2) is 11.7 Å². The highest BCUT2D eigenvalue weighted by Gasteiger charge is 2.15. The number of aliphatic hydroxyl groups is 1. The summed E-state index contributed by atoms with van der Waals surface area (Å²) in [5.74, 6) is 0. The number of allylic oxidation sites excluding steroid dienone is 5. The van der Waals surface area contributed by atoms with Crippen molar-refractivity contribution in [1.29, 1.82) is 0 Å². The Hall–Kier alpha value is -0.820. The quantitative estimate of drug-likeness (QED) is 0.608. The van der Waals surface area contributed by atoms with Crippen molar-refractivity contribution in [2.24, 2.45) is 5.41 Å². The minimum absolute atomic E-state index is 0.149. The average Bonchev–Trinajstić information content (AvgIpc) is 2.26. The summed E-state index contributed by atoms with van der Waals surface area (Å²) < 4.78 is 0. The van der Waals surface area contributed by atoms with Crippen LogP contribution in [0.3, 0.4) is 0 Å². The van der Waals surface area contributed by atoms with Crippen LogP contribution in [0.2, 0.25) is 0 Å². The topological polar surface area (TPSA) is 20.2 Å². The fraction of sp³-hybridized carbons (Fsp3) is 0.667. The van der Waals surface area contributed by atoms with Crippen molar-refractivity contribution in [2.75, 3.05) is 6.61 Å². The fourth-order valence-electron chi connectivity index (χ4n) is 2.06. The summed E-state index contributed by atoms with van der Waals surface area (Å²) in [4.78, 5) is 0. The third-order valence-electron chi connectivity index (χ3n) is 3.30. The van der Waals surface area contributed by atoms with Gasteiger partial charge in [0.25, 0.3) is 0 Å². The minimum atomic E-state index is 0.149. The third-order valence-corrected chi connectivity index (χ3v) is 3.30. The Kier molecular flexibility index (Phi) is 8.75. The first-order chi connectivity index (χ1) is 8.77. The van der Waals surface area contributed by atoms with E-state index in [1.54, 1.807) is 0 Å². The minimum Gasteiger partial charge on any atom is -0.392 e. The highest BCUT2D eigenvalue weighted by Crippen LogP contribution is 2.29. The van der Waals surface area contributed by atoms with E-state index >= 15 is 0 Å². The molecule has 0 saturated carbocycles. The molecule has 0 radical (unpaired) electrons. The Morgan fingerprint density at radius 3 is 1.95 bits per heavy atom. The van der Waals surface area contributed by atoms with Gasteiger partial charge < -0.3 is 5.11 Å². The number of hydrogen-bond acceptors (Lipinski definition) is 1. The molecule has 0 spiro atoms. The molecule has 0 aliphatic heterocycles. The predicted octanol–water partition coefficient (Wildman–Crippen LogP) is 5.42. The Morgan fingerprint density at radius 1 is 0.895 bits per heavy atom. The zero-order chi connectivity index (χ0) is 14.9. The molecule has 0 bridgehead atoms. The lowest BCUT2D eigenvalue weighted by Gasteiger charge is -2.22. The van der Waals surface area contributed by atoms with Crippen LogP contribution in [0.4, 0.5) is 0 Å². The molecule has 19 heavy (non-hydrogen) atoms. The summed E-state index contributed by atoms with van der Waals surface area (Å²) >= 11 is 0. The van der Waals surface area contributed by atoms with Crippen LogP contribution >= 0.6 is 0 Å². The first-order valence-electron chi connectivity index (χ1n) is 7.36. The van der Waals surface area contributed by atoms with Crippen molar-refractivity contribution < 1.29 is 5.11 Å². The Balaban J connectivity index is 4.25. The number of hydrogen-bond donors (Lipinski definition) is 1. The average molecular weight is 264 g/mol. The van der Waals surface area contributed by atoms with E-state index in [0.717, 1.165) is 25.7 Å². The van der Waals surface area contributed by atoms with Gasteiger partial charge in [0.2, 0.25) is 0 Å². The van der Waals surface area contributed by atoms with E-state index in [1.165, 1.54) is 16.7 Å². The molecule has 1 nitrogen and oxygen atoms in total. The first kappa shape index (κ1) is 18.2. The van der Waals surface area contributed by atoms with E-state index in [2.05, 4.69) is 53.7 Å². The van der Waals surface area contributed by atoms with Crippen LogP contribution in [0, 0.1) is 5.41 Å². The molecular formula is C18H32O. The second-order valence-corrected chi connectivity index (χ2v) is 6.57. The lowest BCUT2D eigenvalue weighted by atomic mass is 9.83. The molecule has 0 aromatic rings. The zero-order valence-electron chi connectivity index (χ0n) is 13.7. The molecule has 0 fully saturated rings. The van der Waals surface area contributed by atoms with Gasteiger partial charge in [-0.3, -0.25) is 0 Å². The molecule has 0 aliphatic rings. The van der Waals surface area contributed by atoms with Gasteiger partial charge in [0.1, 0.15) is 0 Å². The Labute approximate surface area is 120 Å². The maximum atomic E-state index is 9.08. The molecule has 110 valence electrons. The lowest BCUT2D eigenvalue weighted by molar-refractivity contribution is 0.337. The predicted molar refractivity (Wildman–Crippen MR) is 86.3 cm³/mol. The van der Waals surface area contributed by atoms with E-state index < -0.39 is 0 Å². The van der Waals surface area contributed by atoms with E-state index in [1.807, 2.05) is 6.08 Å². The molecule has 0 aromatic carbocycles. The molecule has 0 rings (SSSR count). The van der Waals surface area contributed by atoms with Crippen LogP contribution < -0.4 is 0 Å². The van der Waals surface area contributed by atoms with Gasteiger partial charge in [-0.25, -0.2) is 0 Å². The molecule has 0 amide bonds. The van der Waals surface area contributed by atoms with Crippen molar-refractivity contribution in [3.63, 3.8) is 0 Å². The Morgan fingerprint density at radius 2 is 1.47 bits per heavy atom. The van der Waals surface area contributed by atoms with Crippen LogP contribution in [-0.2, 0) is 0 Å².